The lowest BCUT2D eigenvalue weighted by Crippen LogP contribution is -2.76. The van der Waals surface area contributed by atoms with Gasteiger partial charge in [-0.15, -0.1) is 0 Å². The van der Waals surface area contributed by atoms with Crippen molar-refractivity contribution in [3.8, 4) is 5.75 Å². The monoisotopic (exact) mass is 503 g/mol. The number of hydrogen-bond acceptors (Lipinski definition) is 5. The molecule has 2 N–H and O–H groups in total. The van der Waals surface area contributed by atoms with Crippen LogP contribution in [0.15, 0.2) is 48.5 Å². The van der Waals surface area contributed by atoms with Crippen LogP contribution in [0.3, 0.4) is 0 Å². The van der Waals surface area contributed by atoms with Crippen molar-refractivity contribution in [1.82, 2.24) is 14.7 Å². The Morgan fingerprint density at radius 3 is 2.51 bits per heavy atom. The van der Waals surface area contributed by atoms with Gasteiger partial charge in [-0.1, -0.05) is 36.4 Å². The van der Waals surface area contributed by atoms with Crippen LogP contribution >= 0.6 is 0 Å². The van der Waals surface area contributed by atoms with Gasteiger partial charge in [0.15, 0.2) is 0 Å². The van der Waals surface area contributed by atoms with Crippen LogP contribution in [0.1, 0.15) is 56.2 Å². The number of nitrogens with zero attached hydrogens (tertiary/aromatic N) is 3. The Bertz CT molecular complexity index is 1230. The maximum absolute atomic E-state index is 13.9. The quantitative estimate of drug-likeness (QED) is 0.611. The number of fused-ring (bicyclic) bond motifs is 1. The van der Waals surface area contributed by atoms with Crippen molar-refractivity contribution in [3.05, 3.63) is 65.2 Å². The van der Waals surface area contributed by atoms with Crippen molar-refractivity contribution in [1.29, 1.82) is 0 Å². The van der Waals surface area contributed by atoms with Gasteiger partial charge in [0.05, 0.1) is 5.60 Å². The first-order valence-electron chi connectivity index (χ1n) is 13.8. The largest absolute Gasteiger partial charge is 0.508 e. The average Bonchev–Trinajstić information content (AvgIpc) is 3.09. The number of carbonyl (C=O) groups excluding carboxylic acids is 2. The summed E-state index contributed by atoms with van der Waals surface area (Å²) in [6.45, 7) is 6.23. The molecule has 37 heavy (non-hydrogen) atoms. The number of benzene rings is 2. The number of imide groups is 1. The van der Waals surface area contributed by atoms with Gasteiger partial charge in [0.1, 0.15) is 11.3 Å². The first kappa shape index (κ1) is 24.4. The number of phenols is 1. The fourth-order valence-corrected chi connectivity index (χ4v) is 8.21. The van der Waals surface area contributed by atoms with E-state index < -0.39 is 16.6 Å². The molecular weight excluding hydrogens is 466 g/mol. The molecule has 2 aliphatic carbocycles. The van der Waals surface area contributed by atoms with Crippen LogP contribution in [-0.2, 0) is 23.1 Å². The van der Waals surface area contributed by atoms with Crippen LogP contribution in [0.25, 0.3) is 0 Å². The molecule has 4 aliphatic rings. The number of piperidine rings is 1. The first-order valence-corrected chi connectivity index (χ1v) is 13.8. The van der Waals surface area contributed by atoms with Gasteiger partial charge in [0, 0.05) is 31.1 Å². The minimum Gasteiger partial charge on any atom is -0.508 e. The number of aliphatic hydroxyl groups is 1. The van der Waals surface area contributed by atoms with Gasteiger partial charge < -0.3 is 15.1 Å². The van der Waals surface area contributed by atoms with Crippen LogP contribution in [0, 0.1) is 0 Å². The summed E-state index contributed by atoms with van der Waals surface area (Å²) in [5, 5.41) is 23.2. The van der Waals surface area contributed by atoms with Crippen LogP contribution in [0.4, 0.5) is 4.79 Å². The summed E-state index contributed by atoms with van der Waals surface area (Å²) in [6.07, 6.45) is 3.60. The Labute approximate surface area is 218 Å². The van der Waals surface area contributed by atoms with E-state index in [1.165, 1.54) is 10.5 Å². The molecule has 2 bridgehead atoms. The smallest absolute Gasteiger partial charge is 0.327 e. The van der Waals surface area contributed by atoms with Gasteiger partial charge in [0.25, 0.3) is 5.91 Å². The van der Waals surface area contributed by atoms with Crippen LogP contribution < -0.4 is 0 Å². The highest BCUT2D eigenvalue weighted by Gasteiger charge is 2.71. The van der Waals surface area contributed by atoms with Gasteiger partial charge in [-0.2, -0.15) is 0 Å². The van der Waals surface area contributed by atoms with Gasteiger partial charge >= 0.3 is 6.03 Å². The molecule has 6 rings (SSSR count). The third-order valence-electron chi connectivity index (χ3n) is 9.97. The molecule has 1 spiro atoms. The van der Waals surface area contributed by atoms with E-state index in [1.807, 2.05) is 32.0 Å². The summed E-state index contributed by atoms with van der Waals surface area (Å²) in [4.78, 5) is 32.7. The second-order valence-corrected chi connectivity index (χ2v) is 11.4. The molecule has 1 saturated carbocycles. The van der Waals surface area contributed by atoms with E-state index in [0.29, 0.717) is 45.2 Å². The predicted octanol–water partition coefficient (Wildman–Crippen LogP) is 3.46. The number of aromatic hydroxyl groups is 1. The molecule has 2 aromatic rings. The van der Waals surface area contributed by atoms with Gasteiger partial charge in [0.2, 0.25) is 0 Å². The Morgan fingerprint density at radius 2 is 1.78 bits per heavy atom. The minimum absolute atomic E-state index is 0.0797. The molecule has 2 saturated heterocycles. The van der Waals surface area contributed by atoms with Gasteiger partial charge in [-0.25, -0.2) is 4.79 Å². The zero-order valence-corrected chi connectivity index (χ0v) is 21.8. The van der Waals surface area contributed by atoms with Crippen LogP contribution in [0.5, 0.6) is 5.75 Å². The van der Waals surface area contributed by atoms with Crippen molar-refractivity contribution >= 4 is 11.9 Å². The third kappa shape index (κ3) is 3.26. The zero-order valence-electron chi connectivity index (χ0n) is 21.8. The summed E-state index contributed by atoms with van der Waals surface area (Å²) in [7, 11) is 0. The maximum atomic E-state index is 13.9. The number of carbonyl (C=O) groups is 2. The molecule has 4 atom stereocenters. The Hall–Kier alpha value is -2.90. The lowest BCUT2D eigenvalue weighted by atomic mass is 9.46. The minimum atomic E-state index is -1.05. The van der Waals surface area contributed by atoms with Crippen molar-refractivity contribution in [2.75, 3.05) is 26.2 Å². The number of likely N-dealkylation sites (tertiary alicyclic amines) is 1. The standard InChI is InChI=1S/C30H37N3O4/c1-3-32-26(35)29(33(4-2)27(32)36)13-14-30(37)25-18-22-10-11-23(34)19-24(22)28(30,20-29)15-17-31(25)16-12-21-8-6-5-7-9-21/h5-11,19,25,34,37H,3-4,12-18,20H2,1-2H3/t25-,28-,29+,30-/m1/s1. The molecule has 3 fully saturated rings. The van der Waals surface area contributed by atoms with Crippen molar-refractivity contribution in [2.45, 2.75) is 75.0 Å². The normalized spacial score (nSPS) is 33.1. The average molecular weight is 504 g/mol. The van der Waals surface area contributed by atoms with Gasteiger partial charge in [-0.3, -0.25) is 14.6 Å². The number of urea groups is 1. The molecule has 2 aromatic carbocycles. The first-order chi connectivity index (χ1) is 17.8. The number of amides is 3. The number of likely N-dealkylation sites (N-methyl/N-ethyl adjacent to an activating group) is 2. The second-order valence-electron chi connectivity index (χ2n) is 11.4. The maximum Gasteiger partial charge on any atom is 0.327 e. The van der Waals surface area contributed by atoms with E-state index in [4.69, 9.17) is 0 Å². The molecule has 0 radical (unpaired) electrons. The SMILES string of the molecule is CCN1C(=O)N(CC)[C@]2(CC[C@@]3(O)[C@H]4Cc5ccc(O)cc5[C@@]3(CCN4CCc3ccccc3)C2)C1=O. The second kappa shape index (κ2) is 8.57. The highest BCUT2D eigenvalue weighted by molar-refractivity contribution is 6.07. The summed E-state index contributed by atoms with van der Waals surface area (Å²) in [6, 6.07) is 15.7. The van der Waals surface area contributed by atoms with Gasteiger partial charge in [-0.05, 0) is 87.7 Å². The molecule has 7 heteroatoms. The van der Waals surface area contributed by atoms with E-state index in [-0.39, 0.29) is 23.7 Å². The molecule has 0 aromatic heterocycles. The van der Waals surface area contributed by atoms with Crippen molar-refractivity contribution in [3.63, 3.8) is 0 Å². The van der Waals surface area contributed by atoms with E-state index >= 15 is 0 Å². The van der Waals surface area contributed by atoms with Crippen molar-refractivity contribution in [2.24, 2.45) is 0 Å². The summed E-state index contributed by atoms with van der Waals surface area (Å²) < 4.78 is 0. The highest BCUT2D eigenvalue weighted by atomic mass is 16.3. The number of hydrogen-bond donors (Lipinski definition) is 2. The molecule has 2 aliphatic heterocycles. The zero-order chi connectivity index (χ0) is 26.0. The lowest BCUT2D eigenvalue weighted by Gasteiger charge is -2.66. The summed E-state index contributed by atoms with van der Waals surface area (Å²) in [5.41, 5.74) is 0.656. The molecular formula is C30H37N3O4. The third-order valence-corrected chi connectivity index (χ3v) is 9.97. The van der Waals surface area contributed by atoms with E-state index in [9.17, 15) is 19.8 Å². The number of rotatable bonds is 5. The Morgan fingerprint density at radius 1 is 1.00 bits per heavy atom. The Balaban J connectivity index is 1.43. The van der Waals surface area contributed by atoms with Crippen LogP contribution in [-0.4, -0.2) is 80.2 Å². The topological polar surface area (TPSA) is 84.3 Å². The van der Waals surface area contributed by atoms with Crippen LogP contribution in [0.2, 0.25) is 0 Å². The highest BCUT2D eigenvalue weighted by Crippen LogP contribution is 2.62. The van der Waals surface area contributed by atoms with E-state index in [2.05, 4.69) is 29.2 Å². The molecule has 3 amide bonds. The molecule has 196 valence electrons. The van der Waals surface area contributed by atoms with E-state index in [1.54, 1.807) is 11.0 Å². The van der Waals surface area contributed by atoms with E-state index in [0.717, 1.165) is 30.6 Å². The molecule has 7 nitrogen and oxygen atoms in total. The fourth-order valence-electron chi connectivity index (χ4n) is 8.21. The molecule has 0 unspecified atom stereocenters. The molecule has 2 heterocycles. The summed E-state index contributed by atoms with van der Waals surface area (Å²) in [5.74, 6) is 0.0463. The fraction of sp³-hybridized carbons (Fsp3) is 0.533. The Kier molecular flexibility index (Phi) is 5.66. The van der Waals surface area contributed by atoms with Crippen molar-refractivity contribution < 1.29 is 19.8 Å². The summed E-state index contributed by atoms with van der Waals surface area (Å²) >= 11 is 0. The lowest BCUT2D eigenvalue weighted by molar-refractivity contribution is -0.188. The number of phenolic OH excluding ortho intramolecular Hbond substituents is 1. The predicted molar refractivity (Wildman–Crippen MR) is 140 cm³/mol.